The van der Waals surface area contributed by atoms with Gasteiger partial charge in [-0.1, -0.05) is 94.0 Å². The maximum atomic E-state index is 13.8. The Morgan fingerprint density at radius 1 is 0.900 bits per heavy atom. The number of halogens is 1. The van der Waals surface area contributed by atoms with E-state index < -0.39 is 0 Å². The number of carbonyl (C=O) groups excluding carboxylic acids is 1. The van der Waals surface area contributed by atoms with E-state index in [1.165, 1.54) is 11.3 Å². The van der Waals surface area contributed by atoms with Crippen LogP contribution in [-0.2, 0) is 6.54 Å². The number of hydrogen-bond acceptors (Lipinski definition) is 3. The highest BCUT2D eigenvalue weighted by Crippen LogP contribution is 2.33. The first kappa shape index (κ1) is 19.0. The smallest absolute Gasteiger partial charge is 0.261 e. The van der Waals surface area contributed by atoms with Crippen LogP contribution in [-0.4, -0.2) is 10.9 Å². The molecule has 0 spiro atoms. The summed E-state index contributed by atoms with van der Waals surface area (Å²) in [5.74, 6) is -0.0474. The van der Waals surface area contributed by atoms with Gasteiger partial charge in [0.15, 0.2) is 5.13 Å². The predicted octanol–water partition coefficient (Wildman–Crippen LogP) is 7.06. The van der Waals surface area contributed by atoms with E-state index >= 15 is 0 Å². The van der Waals surface area contributed by atoms with Crippen molar-refractivity contribution in [2.24, 2.45) is 0 Å². The monoisotopic (exact) mass is 472 g/mol. The van der Waals surface area contributed by atoms with Gasteiger partial charge >= 0.3 is 0 Å². The Labute approximate surface area is 186 Å². The Morgan fingerprint density at radius 2 is 1.67 bits per heavy atom. The van der Waals surface area contributed by atoms with Crippen LogP contribution >= 0.6 is 27.3 Å². The molecule has 5 rings (SSSR count). The molecule has 0 N–H and O–H groups in total. The van der Waals surface area contributed by atoms with E-state index in [1.54, 1.807) is 4.90 Å². The first-order valence-corrected chi connectivity index (χ1v) is 11.2. The minimum Gasteiger partial charge on any atom is -0.279 e. The highest BCUT2D eigenvalue weighted by Gasteiger charge is 2.23. The number of anilines is 1. The molecule has 1 amide bonds. The van der Waals surface area contributed by atoms with Gasteiger partial charge in [-0.2, -0.15) is 0 Å². The van der Waals surface area contributed by atoms with Crippen molar-refractivity contribution in [2.75, 3.05) is 4.90 Å². The number of rotatable bonds is 4. The molecule has 0 aliphatic carbocycles. The number of benzene rings is 4. The van der Waals surface area contributed by atoms with Crippen LogP contribution in [0, 0.1) is 0 Å². The first-order chi connectivity index (χ1) is 14.7. The minimum atomic E-state index is -0.0474. The number of thiazole rings is 1. The molecule has 3 nitrogen and oxygen atoms in total. The van der Waals surface area contributed by atoms with Gasteiger partial charge < -0.3 is 0 Å². The lowest BCUT2D eigenvalue weighted by Gasteiger charge is -2.21. The fourth-order valence-corrected chi connectivity index (χ4v) is 5.07. The van der Waals surface area contributed by atoms with E-state index in [1.807, 2.05) is 91.0 Å². The largest absolute Gasteiger partial charge is 0.279 e. The SMILES string of the molecule is O=C(c1cccc2ccccc12)N(Cc1ccccc1)c1nc2ccc(Br)cc2s1. The average molecular weight is 473 g/mol. The van der Waals surface area contributed by atoms with Gasteiger partial charge in [-0.3, -0.25) is 9.69 Å². The molecule has 0 unspecified atom stereocenters. The summed E-state index contributed by atoms with van der Waals surface area (Å²) in [6.07, 6.45) is 0. The van der Waals surface area contributed by atoms with Crippen molar-refractivity contribution in [1.29, 1.82) is 0 Å². The number of carbonyl (C=O) groups is 1. The molecule has 0 saturated heterocycles. The zero-order valence-corrected chi connectivity index (χ0v) is 18.4. The van der Waals surface area contributed by atoms with Crippen LogP contribution in [0.2, 0.25) is 0 Å². The molecule has 5 heteroatoms. The van der Waals surface area contributed by atoms with Crippen molar-refractivity contribution in [2.45, 2.75) is 6.54 Å². The van der Waals surface area contributed by atoms with E-state index in [0.717, 1.165) is 31.0 Å². The molecule has 0 aliphatic heterocycles. The first-order valence-electron chi connectivity index (χ1n) is 9.59. The molecule has 1 aromatic heterocycles. The third kappa shape index (κ3) is 3.62. The fraction of sp³-hybridized carbons (Fsp3) is 0.0400. The second-order valence-corrected chi connectivity index (χ2v) is 8.94. The highest BCUT2D eigenvalue weighted by atomic mass is 79.9. The lowest BCUT2D eigenvalue weighted by Crippen LogP contribution is -2.30. The molecule has 0 fully saturated rings. The van der Waals surface area contributed by atoms with Gasteiger partial charge in [0.1, 0.15) is 0 Å². The lowest BCUT2D eigenvalue weighted by molar-refractivity contribution is 0.0986. The molecule has 146 valence electrons. The van der Waals surface area contributed by atoms with E-state index in [-0.39, 0.29) is 5.91 Å². The van der Waals surface area contributed by atoms with E-state index in [0.29, 0.717) is 17.2 Å². The molecule has 0 atom stereocenters. The Hall–Kier alpha value is -3.02. The summed E-state index contributed by atoms with van der Waals surface area (Å²) >= 11 is 5.05. The van der Waals surface area contributed by atoms with Crippen molar-refractivity contribution in [3.05, 3.63) is 107 Å². The van der Waals surface area contributed by atoms with Crippen LogP contribution in [0.3, 0.4) is 0 Å². The summed E-state index contributed by atoms with van der Waals surface area (Å²) < 4.78 is 2.04. The molecule has 0 radical (unpaired) electrons. The molecule has 30 heavy (non-hydrogen) atoms. The van der Waals surface area contributed by atoms with Crippen LogP contribution in [0.1, 0.15) is 15.9 Å². The van der Waals surface area contributed by atoms with Gasteiger partial charge in [-0.15, -0.1) is 0 Å². The van der Waals surface area contributed by atoms with Gasteiger partial charge in [0.25, 0.3) is 5.91 Å². The average Bonchev–Trinajstić information content (AvgIpc) is 3.20. The molecule has 0 bridgehead atoms. The Balaban J connectivity index is 1.63. The molecule has 1 heterocycles. The summed E-state index contributed by atoms with van der Waals surface area (Å²) in [7, 11) is 0. The van der Waals surface area contributed by atoms with Crippen LogP contribution in [0.5, 0.6) is 0 Å². The molecule has 0 aliphatic rings. The number of aromatic nitrogens is 1. The van der Waals surface area contributed by atoms with E-state index in [9.17, 15) is 4.79 Å². The van der Waals surface area contributed by atoms with Crippen molar-refractivity contribution in [3.63, 3.8) is 0 Å². The Kier molecular flexibility index (Phi) is 5.07. The van der Waals surface area contributed by atoms with E-state index in [4.69, 9.17) is 4.98 Å². The third-order valence-corrected chi connectivity index (χ3v) is 6.55. The van der Waals surface area contributed by atoms with Crippen LogP contribution in [0.25, 0.3) is 21.0 Å². The third-order valence-electron chi connectivity index (χ3n) is 5.02. The Morgan fingerprint density at radius 3 is 2.53 bits per heavy atom. The Bertz CT molecular complexity index is 1360. The van der Waals surface area contributed by atoms with Crippen LogP contribution in [0.15, 0.2) is 95.5 Å². The van der Waals surface area contributed by atoms with Crippen LogP contribution < -0.4 is 4.90 Å². The molecular formula is C25H17BrN2OS. The normalized spacial score (nSPS) is 11.1. The number of amides is 1. The molecule has 0 saturated carbocycles. The molecular weight excluding hydrogens is 456 g/mol. The van der Waals surface area contributed by atoms with Crippen LogP contribution in [0.4, 0.5) is 5.13 Å². The fourth-order valence-electron chi connectivity index (χ4n) is 3.55. The van der Waals surface area contributed by atoms with Gasteiger partial charge in [-0.25, -0.2) is 4.98 Å². The zero-order valence-electron chi connectivity index (χ0n) is 16.0. The predicted molar refractivity (Wildman–Crippen MR) is 128 cm³/mol. The highest BCUT2D eigenvalue weighted by molar-refractivity contribution is 9.10. The standard InChI is InChI=1S/C25H17BrN2OS/c26-19-13-14-22-23(15-19)30-25(27-22)28(16-17-7-2-1-3-8-17)24(29)21-12-6-10-18-9-4-5-11-20(18)21/h1-15H,16H2. The topological polar surface area (TPSA) is 33.2 Å². The summed E-state index contributed by atoms with van der Waals surface area (Å²) in [5, 5.41) is 2.70. The van der Waals surface area contributed by atoms with Crippen molar-refractivity contribution < 1.29 is 4.79 Å². The maximum Gasteiger partial charge on any atom is 0.261 e. The summed E-state index contributed by atoms with van der Waals surface area (Å²) in [6, 6.07) is 29.9. The number of hydrogen-bond donors (Lipinski definition) is 0. The number of nitrogens with zero attached hydrogens (tertiary/aromatic N) is 2. The molecule has 5 aromatic rings. The summed E-state index contributed by atoms with van der Waals surface area (Å²) in [4.78, 5) is 20.4. The van der Waals surface area contributed by atoms with Gasteiger partial charge in [0.05, 0.1) is 16.8 Å². The zero-order chi connectivity index (χ0) is 20.5. The lowest BCUT2D eigenvalue weighted by atomic mass is 10.0. The van der Waals surface area contributed by atoms with Crippen molar-refractivity contribution >= 4 is 59.3 Å². The quantitative estimate of drug-likeness (QED) is 0.280. The van der Waals surface area contributed by atoms with Gasteiger partial charge in [0, 0.05) is 10.0 Å². The minimum absolute atomic E-state index is 0.0474. The van der Waals surface area contributed by atoms with Gasteiger partial charge in [0.2, 0.25) is 0 Å². The maximum absolute atomic E-state index is 13.8. The second-order valence-electron chi connectivity index (χ2n) is 7.01. The molecule has 4 aromatic carbocycles. The summed E-state index contributed by atoms with van der Waals surface area (Å²) in [5.41, 5.74) is 2.64. The van der Waals surface area contributed by atoms with Crippen molar-refractivity contribution in [3.8, 4) is 0 Å². The van der Waals surface area contributed by atoms with Gasteiger partial charge in [-0.05, 0) is 40.6 Å². The second kappa shape index (κ2) is 8.01. The summed E-state index contributed by atoms with van der Waals surface area (Å²) in [6.45, 7) is 0.462. The van der Waals surface area contributed by atoms with Crippen molar-refractivity contribution in [1.82, 2.24) is 4.98 Å². The van der Waals surface area contributed by atoms with E-state index in [2.05, 4.69) is 15.9 Å². The number of fused-ring (bicyclic) bond motifs is 2.